The van der Waals surface area contributed by atoms with Gasteiger partial charge in [0, 0.05) is 30.8 Å². The van der Waals surface area contributed by atoms with Crippen molar-refractivity contribution in [1.82, 2.24) is 9.47 Å². The van der Waals surface area contributed by atoms with E-state index in [1.165, 1.54) is 0 Å². The van der Waals surface area contributed by atoms with Gasteiger partial charge in [-0.15, -0.1) is 0 Å². The van der Waals surface area contributed by atoms with E-state index in [0.29, 0.717) is 13.1 Å². The number of hydrogen-bond donors (Lipinski definition) is 0. The molecule has 126 valence electrons. The molecule has 1 aromatic heterocycles. The number of amides is 1. The highest BCUT2D eigenvalue weighted by Gasteiger charge is 2.25. The fraction of sp³-hybridized carbons (Fsp3) is 0.238. The molecule has 2 heterocycles. The van der Waals surface area contributed by atoms with Crippen LogP contribution in [0.4, 0.5) is 0 Å². The standard InChI is InChI=1S/C21H20N2O2/c24-20-11-10-16-6-4-5-9-19(16)23(20)18-12-14-22(15-13-18)21(25)17-7-2-1-3-8-17/h1-11,18H,12-15H2. The van der Waals surface area contributed by atoms with Crippen LogP contribution in [0.2, 0.25) is 0 Å². The summed E-state index contributed by atoms with van der Waals surface area (Å²) in [4.78, 5) is 26.9. The van der Waals surface area contributed by atoms with E-state index in [0.717, 1.165) is 29.3 Å². The van der Waals surface area contributed by atoms with Gasteiger partial charge < -0.3 is 9.47 Å². The molecule has 1 fully saturated rings. The van der Waals surface area contributed by atoms with Crippen molar-refractivity contribution < 1.29 is 4.79 Å². The second-order valence-electron chi connectivity index (χ2n) is 6.49. The van der Waals surface area contributed by atoms with Crippen LogP contribution < -0.4 is 5.56 Å². The maximum atomic E-state index is 12.6. The van der Waals surface area contributed by atoms with E-state index in [-0.39, 0.29) is 17.5 Å². The molecule has 1 saturated heterocycles. The van der Waals surface area contributed by atoms with Crippen LogP contribution >= 0.6 is 0 Å². The van der Waals surface area contributed by atoms with Gasteiger partial charge in [-0.05, 0) is 42.5 Å². The van der Waals surface area contributed by atoms with Crippen molar-refractivity contribution in [2.24, 2.45) is 0 Å². The molecule has 0 saturated carbocycles. The Balaban J connectivity index is 1.56. The smallest absolute Gasteiger partial charge is 0.253 e. The van der Waals surface area contributed by atoms with Crippen LogP contribution in [0.5, 0.6) is 0 Å². The third kappa shape index (κ3) is 2.95. The molecule has 0 atom stereocenters. The van der Waals surface area contributed by atoms with Gasteiger partial charge in [-0.25, -0.2) is 0 Å². The minimum Gasteiger partial charge on any atom is -0.338 e. The number of piperidine rings is 1. The molecule has 0 spiro atoms. The lowest BCUT2D eigenvalue weighted by Gasteiger charge is -2.33. The van der Waals surface area contributed by atoms with Crippen molar-refractivity contribution >= 4 is 16.8 Å². The molecule has 4 rings (SSSR count). The molecule has 2 aromatic carbocycles. The summed E-state index contributed by atoms with van der Waals surface area (Å²) in [5.41, 5.74) is 1.73. The van der Waals surface area contributed by atoms with Gasteiger partial charge in [0.25, 0.3) is 11.5 Å². The molecule has 0 N–H and O–H groups in total. The van der Waals surface area contributed by atoms with Crippen LogP contribution in [0.15, 0.2) is 71.5 Å². The Morgan fingerprint density at radius 3 is 2.28 bits per heavy atom. The second-order valence-corrected chi connectivity index (χ2v) is 6.49. The zero-order chi connectivity index (χ0) is 17.2. The fourth-order valence-electron chi connectivity index (χ4n) is 3.68. The molecule has 1 aliphatic rings. The predicted molar refractivity (Wildman–Crippen MR) is 98.8 cm³/mol. The summed E-state index contributed by atoms with van der Waals surface area (Å²) in [6, 6.07) is 21.0. The number of likely N-dealkylation sites (tertiary alicyclic amines) is 1. The zero-order valence-corrected chi connectivity index (χ0v) is 14.0. The van der Waals surface area contributed by atoms with E-state index in [9.17, 15) is 9.59 Å². The molecule has 0 aliphatic carbocycles. The van der Waals surface area contributed by atoms with Crippen molar-refractivity contribution in [3.05, 3.63) is 82.6 Å². The zero-order valence-electron chi connectivity index (χ0n) is 14.0. The summed E-state index contributed by atoms with van der Waals surface area (Å²) in [6.07, 6.45) is 1.60. The highest BCUT2D eigenvalue weighted by atomic mass is 16.2. The molecule has 0 radical (unpaired) electrons. The Bertz CT molecular complexity index is 954. The van der Waals surface area contributed by atoms with Gasteiger partial charge in [0.2, 0.25) is 0 Å². The minimum absolute atomic E-state index is 0.0338. The number of hydrogen-bond acceptors (Lipinski definition) is 2. The molecule has 4 heteroatoms. The third-order valence-corrected chi connectivity index (χ3v) is 4.98. The van der Waals surface area contributed by atoms with E-state index in [1.807, 2.05) is 70.1 Å². The van der Waals surface area contributed by atoms with E-state index < -0.39 is 0 Å². The van der Waals surface area contributed by atoms with E-state index in [2.05, 4.69) is 0 Å². The molecule has 4 nitrogen and oxygen atoms in total. The van der Waals surface area contributed by atoms with Gasteiger partial charge in [0.05, 0.1) is 5.52 Å². The molecule has 1 amide bonds. The number of para-hydroxylation sites is 1. The number of nitrogens with zero attached hydrogens (tertiary/aromatic N) is 2. The number of fused-ring (bicyclic) bond motifs is 1. The van der Waals surface area contributed by atoms with Gasteiger partial charge in [0.15, 0.2) is 0 Å². The number of carbonyl (C=O) groups excluding carboxylic acids is 1. The summed E-state index contributed by atoms with van der Waals surface area (Å²) in [5.74, 6) is 0.0734. The van der Waals surface area contributed by atoms with Crippen LogP contribution in [0, 0.1) is 0 Å². The highest BCUT2D eigenvalue weighted by Crippen LogP contribution is 2.25. The summed E-state index contributed by atoms with van der Waals surface area (Å²) >= 11 is 0. The Morgan fingerprint density at radius 1 is 0.840 bits per heavy atom. The Morgan fingerprint density at radius 2 is 1.52 bits per heavy atom. The van der Waals surface area contributed by atoms with Gasteiger partial charge in [-0.1, -0.05) is 36.4 Å². The van der Waals surface area contributed by atoms with Crippen LogP contribution in [0.3, 0.4) is 0 Å². The summed E-state index contributed by atoms with van der Waals surface area (Å²) in [6.45, 7) is 1.35. The van der Waals surface area contributed by atoms with Gasteiger partial charge in [0.1, 0.15) is 0 Å². The molecule has 25 heavy (non-hydrogen) atoms. The largest absolute Gasteiger partial charge is 0.338 e. The van der Waals surface area contributed by atoms with Crippen molar-refractivity contribution in [2.45, 2.75) is 18.9 Å². The first-order chi connectivity index (χ1) is 12.2. The normalized spacial score (nSPS) is 15.4. The average molecular weight is 332 g/mol. The Hall–Kier alpha value is -2.88. The summed E-state index contributed by atoms with van der Waals surface area (Å²) < 4.78 is 1.90. The average Bonchev–Trinajstić information content (AvgIpc) is 2.68. The maximum Gasteiger partial charge on any atom is 0.253 e. The molecule has 0 bridgehead atoms. The van der Waals surface area contributed by atoms with E-state index >= 15 is 0 Å². The fourth-order valence-corrected chi connectivity index (χ4v) is 3.68. The van der Waals surface area contributed by atoms with Gasteiger partial charge in [-0.3, -0.25) is 9.59 Å². The molecular formula is C21H20N2O2. The van der Waals surface area contributed by atoms with Crippen LogP contribution in [0.1, 0.15) is 29.2 Å². The van der Waals surface area contributed by atoms with Crippen molar-refractivity contribution in [2.75, 3.05) is 13.1 Å². The SMILES string of the molecule is O=C(c1ccccc1)N1CCC(n2c(=O)ccc3ccccc32)CC1. The number of carbonyl (C=O) groups is 1. The number of pyridine rings is 1. The first-order valence-electron chi connectivity index (χ1n) is 8.68. The second kappa shape index (κ2) is 6.55. The van der Waals surface area contributed by atoms with Crippen LogP contribution in [0.25, 0.3) is 10.9 Å². The third-order valence-electron chi connectivity index (χ3n) is 4.98. The number of aromatic nitrogens is 1. The van der Waals surface area contributed by atoms with Crippen molar-refractivity contribution in [3.8, 4) is 0 Å². The molecule has 3 aromatic rings. The van der Waals surface area contributed by atoms with Crippen LogP contribution in [-0.2, 0) is 0 Å². The maximum absolute atomic E-state index is 12.6. The first-order valence-corrected chi connectivity index (χ1v) is 8.68. The lowest BCUT2D eigenvalue weighted by Crippen LogP contribution is -2.40. The molecular weight excluding hydrogens is 312 g/mol. The minimum atomic E-state index is 0.0338. The summed E-state index contributed by atoms with van der Waals surface area (Å²) in [7, 11) is 0. The van der Waals surface area contributed by atoms with E-state index in [4.69, 9.17) is 0 Å². The number of rotatable bonds is 2. The van der Waals surface area contributed by atoms with Gasteiger partial charge >= 0.3 is 0 Å². The summed E-state index contributed by atoms with van der Waals surface area (Å²) in [5, 5.41) is 1.07. The Kier molecular flexibility index (Phi) is 4.10. The predicted octanol–water partition coefficient (Wildman–Crippen LogP) is 3.48. The monoisotopic (exact) mass is 332 g/mol. The Labute approximate surface area is 146 Å². The topological polar surface area (TPSA) is 42.3 Å². The van der Waals surface area contributed by atoms with Gasteiger partial charge in [-0.2, -0.15) is 0 Å². The lowest BCUT2D eigenvalue weighted by atomic mass is 10.0. The van der Waals surface area contributed by atoms with Crippen molar-refractivity contribution in [3.63, 3.8) is 0 Å². The van der Waals surface area contributed by atoms with E-state index in [1.54, 1.807) is 6.07 Å². The molecule has 0 unspecified atom stereocenters. The quantitative estimate of drug-likeness (QED) is 0.721. The molecule has 1 aliphatic heterocycles. The lowest BCUT2D eigenvalue weighted by molar-refractivity contribution is 0.0695. The highest BCUT2D eigenvalue weighted by molar-refractivity contribution is 5.94. The van der Waals surface area contributed by atoms with Crippen molar-refractivity contribution in [1.29, 1.82) is 0 Å². The van der Waals surface area contributed by atoms with Crippen LogP contribution in [-0.4, -0.2) is 28.5 Å². The first kappa shape index (κ1) is 15.6. The number of benzene rings is 2.